The Bertz CT molecular complexity index is 3550. The number of rotatable bonds is 7. The summed E-state index contributed by atoms with van der Waals surface area (Å²) < 4.78 is 4.39. The maximum Gasteiger partial charge on any atom is 0.238 e. The van der Waals surface area contributed by atoms with Gasteiger partial charge in [-0.15, -0.1) is 11.3 Å². The van der Waals surface area contributed by atoms with E-state index >= 15 is 0 Å². The number of para-hydroxylation sites is 1. The van der Waals surface area contributed by atoms with E-state index in [1.54, 1.807) is 11.3 Å². The van der Waals surface area contributed by atoms with Gasteiger partial charge in [0.15, 0.2) is 17.5 Å². The zero-order valence-corrected chi connectivity index (χ0v) is 34.0. The molecule has 62 heavy (non-hydrogen) atoms. The van der Waals surface area contributed by atoms with Crippen LogP contribution < -0.4 is 0 Å². The average Bonchev–Trinajstić information content (AvgIpc) is 3.91. The highest BCUT2D eigenvalue weighted by atomic mass is 32.1. The van der Waals surface area contributed by atoms with Crippen LogP contribution in [0.4, 0.5) is 0 Å². The summed E-state index contributed by atoms with van der Waals surface area (Å²) in [7, 11) is 0. The lowest BCUT2D eigenvalue weighted by atomic mass is 9.96. The number of hydrogen-bond acceptors (Lipinski definition) is 6. The first kappa shape index (κ1) is 35.8. The first-order chi connectivity index (χ1) is 30.7. The molecule has 8 aromatic carbocycles. The number of nitrogens with zero attached hydrogens (tertiary/aromatic N) is 6. The van der Waals surface area contributed by atoms with Crippen molar-refractivity contribution in [3.8, 4) is 73.6 Å². The predicted molar refractivity (Wildman–Crippen MR) is 255 cm³/mol. The second-order valence-electron chi connectivity index (χ2n) is 15.3. The maximum absolute atomic E-state index is 5.39. The number of hydrogen-bond donors (Lipinski definition) is 0. The quantitative estimate of drug-likeness (QED) is 0.160. The van der Waals surface area contributed by atoms with E-state index in [0.29, 0.717) is 23.4 Å². The van der Waals surface area contributed by atoms with Crippen molar-refractivity contribution in [2.24, 2.45) is 0 Å². The fourth-order valence-corrected chi connectivity index (χ4v) is 9.85. The Morgan fingerprint density at radius 3 is 1.40 bits per heavy atom. The molecular formula is C55H34N6S. The number of fused-ring (bicyclic) bond motifs is 7. The SMILES string of the molecule is c1ccc(-c2cc(-c3ccccc3)cc(-c3nc(-c4ccccc4)nc(-n4c5ccccc5c5c6sc7c(-c8ccccc8)nc(-c8ccccc8)nc7c6ccc54)n3)c2)cc1. The highest BCUT2D eigenvalue weighted by Gasteiger charge is 2.23. The van der Waals surface area contributed by atoms with Crippen LogP contribution in [0.1, 0.15) is 0 Å². The minimum Gasteiger partial charge on any atom is -0.278 e. The first-order valence-electron chi connectivity index (χ1n) is 20.6. The third kappa shape index (κ3) is 6.14. The molecule has 7 heteroatoms. The summed E-state index contributed by atoms with van der Waals surface area (Å²) in [4.78, 5) is 26.4. The Labute approximate surface area is 361 Å². The van der Waals surface area contributed by atoms with E-state index in [4.69, 9.17) is 24.9 Å². The average molecular weight is 811 g/mol. The monoisotopic (exact) mass is 810 g/mol. The van der Waals surface area contributed by atoms with E-state index in [2.05, 4.69) is 156 Å². The van der Waals surface area contributed by atoms with Gasteiger partial charge in [-0.05, 0) is 58.7 Å². The van der Waals surface area contributed by atoms with Crippen LogP contribution in [0, 0.1) is 0 Å². The minimum atomic E-state index is 0.544. The van der Waals surface area contributed by atoms with Gasteiger partial charge in [-0.3, -0.25) is 4.57 Å². The van der Waals surface area contributed by atoms with Crippen LogP contribution in [-0.4, -0.2) is 29.5 Å². The molecule has 6 nitrogen and oxygen atoms in total. The molecule has 0 N–H and O–H groups in total. The second kappa shape index (κ2) is 14.9. The molecule has 4 aromatic heterocycles. The number of benzene rings is 8. The summed E-state index contributed by atoms with van der Waals surface area (Å²) >= 11 is 1.75. The molecule has 0 aliphatic heterocycles. The third-order valence-corrected chi connectivity index (χ3v) is 12.7. The van der Waals surface area contributed by atoms with E-state index < -0.39 is 0 Å². The molecule has 0 aliphatic rings. The van der Waals surface area contributed by atoms with Gasteiger partial charge in [-0.1, -0.05) is 170 Å². The van der Waals surface area contributed by atoms with Crippen molar-refractivity contribution >= 4 is 53.4 Å². The smallest absolute Gasteiger partial charge is 0.238 e. The van der Waals surface area contributed by atoms with E-state index in [0.717, 1.165) is 92.3 Å². The van der Waals surface area contributed by atoms with Crippen molar-refractivity contribution in [1.82, 2.24) is 29.5 Å². The molecule has 0 spiro atoms. The van der Waals surface area contributed by atoms with Gasteiger partial charge in [-0.25, -0.2) is 15.0 Å². The van der Waals surface area contributed by atoms with Crippen molar-refractivity contribution in [2.75, 3.05) is 0 Å². The summed E-state index contributed by atoms with van der Waals surface area (Å²) in [5.74, 6) is 2.44. The van der Waals surface area contributed by atoms with Crippen molar-refractivity contribution in [2.45, 2.75) is 0 Å². The predicted octanol–water partition coefficient (Wildman–Crippen LogP) is 14.1. The lowest BCUT2D eigenvalue weighted by molar-refractivity contribution is 0.954. The molecule has 0 radical (unpaired) electrons. The Balaban J connectivity index is 1.13. The fraction of sp³-hybridized carbons (Fsp3) is 0. The fourth-order valence-electron chi connectivity index (χ4n) is 8.54. The van der Waals surface area contributed by atoms with Crippen molar-refractivity contribution in [3.63, 3.8) is 0 Å². The Morgan fingerprint density at radius 1 is 0.323 bits per heavy atom. The first-order valence-corrected chi connectivity index (χ1v) is 21.4. The Morgan fingerprint density at radius 2 is 0.806 bits per heavy atom. The van der Waals surface area contributed by atoms with Crippen LogP contribution in [0.15, 0.2) is 206 Å². The van der Waals surface area contributed by atoms with Crippen LogP contribution in [0.2, 0.25) is 0 Å². The largest absolute Gasteiger partial charge is 0.278 e. The highest BCUT2D eigenvalue weighted by Crippen LogP contribution is 2.45. The van der Waals surface area contributed by atoms with Gasteiger partial charge in [0.25, 0.3) is 0 Å². The Kier molecular flexibility index (Phi) is 8.57. The molecule has 12 rings (SSSR count). The van der Waals surface area contributed by atoms with Crippen molar-refractivity contribution < 1.29 is 0 Å². The number of thiophene rings is 1. The molecule has 0 atom stereocenters. The van der Waals surface area contributed by atoms with Crippen LogP contribution in [-0.2, 0) is 0 Å². The van der Waals surface area contributed by atoms with E-state index in [1.165, 1.54) is 0 Å². The summed E-state index contributed by atoms with van der Waals surface area (Å²) in [6, 6.07) is 71.4. The zero-order valence-electron chi connectivity index (χ0n) is 33.2. The molecule has 4 heterocycles. The maximum atomic E-state index is 5.39. The van der Waals surface area contributed by atoms with Crippen LogP contribution >= 0.6 is 11.3 Å². The molecule has 290 valence electrons. The van der Waals surface area contributed by atoms with Crippen LogP contribution in [0.25, 0.3) is 116 Å². The molecule has 12 aromatic rings. The minimum absolute atomic E-state index is 0.544. The van der Waals surface area contributed by atoms with Gasteiger partial charge >= 0.3 is 0 Å². The summed E-state index contributed by atoms with van der Waals surface area (Å²) in [6.45, 7) is 0. The molecule has 0 fully saturated rings. The molecule has 0 saturated heterocycles. The lowest BCUT2D eigenvalue weighted by Crippen LogP contribution is -2.06. The third-order valence-electron chi connectivity index (χ3n) is 11.5. The molecule has 0 aliphatic carbocycles. The van der Waals surface area contributed by atoms with Crippen molar-refractivity contribution in [3.05, 3.63) is 206 Å². The highest BCUT2D eigenvalue weighted by molar-refractivity contribution is 7.27. The molecule has 0 amide bonds. The normalized spacial score (nSPS) is 11.5. The summed E-state index contributed by atoms with van der Waals surface area (Å²) in [5.41, 5.74) is 12.1. The lowest BCUT2D eigenvalue weighted by Gasteiger charge is -2.13. The van der Waals surface area contributed by atoms with Gasteiger partial charge in [0.1, 0.15) is 0 Å². The number of aromatic nitrogens is 6. The van der Waals surface area contributed by atoms with Gasteiger partial charge in [0.2, 0.25) is 5.95 Å². The van der Waals surface area contributed by atoms with E-state index in [9.17, 15) is 0 Å². The zero-order chi connectivity index (χ0) is 41.0. The second-order valence-corrected chi connectivity index (χ2v) is 16.3. The van der Waals surface area contributed by atoms with Crippen molar-refractivity contribution in [1.29, 1.82) is 0 Å². The summed E-state index contributed by atoms with van der Waals surface area (Å²) in [5, 5.41) is 3.32. The van der Waals surface area contributed by atoms with Gasteiger partial charge in [0, 0.05) is 43.1 Å². The van der Waals surface area contributed by atoms with E-state index in [1.807, 2.05) is 54.6 Å². The standard InChI is InChI=1S/C55H34N6S/c1-6-18-35(19-7-1)40-32-41(36-20-8-2-9-21-36)34-42(33-40)54-58-53(39-26-14-5-15-27-39)59-55(60-54)61-45-29-17-16-28-43(45)47-46(61)31-30-44-49-51(62-50(44)47)48(37-22-10-3-11-23-37)56-52(57-49)38-24-12-4-13-25-38/h1-34H. The topological polar surface area (TPSA) is 69.4 Å². The van der Waals surface area contributed by atoms with Gasteiger partial charge in [-0.2, -0.15) is 9.97 Å². The van der Waals surface area contributed by atoms with Gasteiger partial charge in [0.05, 0.1) is 26.9 Å². The summed E-state index contributed by atoms with van der Waals surface area (Å²) in [6.07, 6.45) is 0. The Hall–Kier alpha value is -8.13. The molecule has 0 bridgehead atoms. The molecule has 0 saturated carbocycles. The van der Waals surface area contributed by atoms with E-state index in [-0.39, 0.29) is 0 Å². The molecular weight excluding hydrogens is 777 g/mol. The van der Waals surface area contributed by atoms with Crippen LogP contribution in [0.5, 0.6) is 0 Å². The van der Waals surface area contributed by atoms with Crippen LogP contribution in [0.3, 0.4) is 0 Å². The molecule has 0 unspecified atom stereocenters. The van der Waals surface area contributed by atoms with Gasteiger partial charge < -0.3 is 0 Å².